The van der Waals surface area contributed by atoms with E-state index < -0.39 is 0 Å². The SMILES string of the molecule is CC.CN(c1c(N)n2c3c(c4cc5c6cccc(-c7ccc8ccccc8c7)c6oc5c1c42)=CCCC=3)C1C=CC=CC1. The van der Waals surface area contributed by atoms with Crippen molar-refractivity contribution in [2.75, 3.05) is 17.7 Å². The van der Waals surface area contributed by atoms with Gasteiger partial charge in [-0.1, -0.05) is 105 Å². The molecule has 3 aromatic heterocycles. The molecule has 4 heteroatoms. The molecule has 0 aliphatic heterocycles. The van der Waals surface area contributed by atoms with Crippen LogP contribution in [0.25, 0.3) is 72.3 Å². The molecule has 0 fully saturated rings. The smallest absolute Gasteiger partial charge is 0.147 e. The van der Waals surface area contributed by atoms with Gasteiger partial charge in [0.2, 0.25) is 0 Å². The van der Waals surface area contributed by atoms with Crippen LogP contribution in [-0.4, -0.2) is 17.5 Å². The van der Waals surface area contributed by atoms with Crippen molar-refractivity contribution in [1.29, 1.82) is 0 Å². The Hall–Kier alpha value is -4.96. The number of hydrogen-bond acceptors (Lipinski definition) is 3. The van der Waals surface area contributed by atoms with E-state index in [2.05, 4.69) is 120 Å². The van der Waals surface area contributed by atoms with Crippen molar-refractivity contribution >= 4 is 72.7 Å². The van der Waals surface area contributed by atoms with Crippen molar-refractivity contribution in [3.8, 4) is 11.1 Å². The van der Waals surface area contributed by atoms with Crippen molar-refractivity contribution in [1.82, 2.24) is 4.40 Å². The number of fused-ring (bicyclic) bond motifs is 8. The molecule has 9 rings (SSSR count). The van der Waals surface area contributed by atoms with E-state index in [0.717, 1.165) is 74.7 Å². The van der Waals surface area contributed by atoms with E-state index in [-0.39, 0.29) is 6.04 Å². The van der Waals surface area contributed by atoms with Crippen LogP contribution in [0, 0.1) is 0 Å². The third kappa shape index (κ3) is 3.62. The molecule has 7 aromatic rings. The highest BCUT2D eigenvalue weighted by molar-refractivity contribution is 6.26. The summed E-state index contributed by atoms with van der Waals surface area (Å²) in [5, 5.41) is 9.61. The summed E-state index contributed by atoms with van der Waals surface area (Å²) in [5.74, 6) is 0.783. The van der Waals surface area contributed by atoms with Crippen molar-refractivity contribution in [2.45, 2.75) is 39.2 Å². The fourth-order valence-electron chi connectivity index (χ4n) is 7.27. The normalized spacial score (nSPS) is 16.0. The Kier molecular flexibility index (Phi) is 5.87. The number of nitrogens with two attached hydrogens (primary N) is 1. The summed E-state index contributed by atoms with van der Waals surface area (Å²) in [6.45, 7) is 4.00. The van der Waals surface area contributed by atoms with E-state index in [4.69, 9.17) is 10.2 Å². The fourth-order valence-corrected chi connectivity index (χ4v) is 7.27. The Bertz CT molecular complexity index is 2380. The number of nitrogens with zero attached hydrogens (tertiary/aromatic N) is 2. The third-order valence-corrected chi connectivity index (χ3v) is 9.23. The molecular formula is C39H35N3O. The minimum Gasteiger partial charge on any atom is -0.455 e. The molecular weight excluding hydrogens is 526 g/mol. The zero-order valence-corrected chi connectivity index (χ0v) is 24.9. The number of rotatable bonds is 3. The molecule has 1 atom stereocenters. The van der Waals surface area contributed by atoms with Crippen LogP contribution in [0.1, 0.15) is 33.1 Å². The Balaban J connectivity index is 0.00000136. The molecule has 0 saturated carbocycles. The number of benzene rings is 4. The molecule has 2 aliphatic rings. The van der Waals surface area contributed by atoms with Crippen LogP contribution >= 0.6 is 0 Å². The number of para-hydroxylation sites is 1. The lowest BCUT2D eigenvalue weighted by atomic mass is 9.98. The van der Waals surface area contributed by atoms with E-state index in [1.807, 2.05) is 13.8 Å². The molecule has 43 heavy (non-hydrogen) atoms. The lowest BCUT2D eigenvalue weighted by Crippen LogP contribution is -2.32. The molecule has 212 valence electrons. The van der Waals surface area contributed by atoms with Gasteiger partial charge in [0.15, 0.2) is 0 Å². The van der Waals surface area contributed by atoms with E-state index in [1.54, 1.807) is 0 Å². The van der Waals surface area contributed by atoms with Crippen LogP contribution in [0.4, 0.5) is 11.5 Å². The summed E-state index contributed by atoms with van der Waals surface area (Å²) in [6, 6.07) is 24.3. The summed E-state index contributed by atoms with van der Waals surface area (Å²) in [5.41, 5.74) is 13.4. The number of nitrogen functional groups attached to an aromatic ring is 1. The minimum absolute atomic E-state index is 0.229. The van der Waals surface area contributed by atoms with Gasteiger partial charge in [0, 0.05) is 34.0 Å². The number of anilines is 2. The summed E-state index contributed by atoms with van der Waals surface area (Å²) < 4.78 is 9.26. The molecule has 4 nitrogen and oxygen atoms in total. The first kappa shape index (κ1) is 25.7. The van der Waals surface area contributed by atoms with Crippen LogP contribution in [-0.2, 0) is 0 Å². The zero-order chi connectivity index (χ0) is 29.2. The molecule has 0 amide bonds. The molecule has 3 heterocycles. The quantitative estimate of drug-likeness (QED) is 0.235. The predicted octanol–water partition coefficient (Wildman–Crippen LogP) is 8.53. The van der Waals surface area contributed by atoms with Crippen LogP contribution in [0.15, 0.2) is 95.5 Å². The van der Waals surface area contributed by atoms with Crippen molar-refractivity contribution < 1.29 is 4.42 Å². The fraction of sp³-hybridized carbons (Fsp3) is 0.179. The van der Waals surface area contributed by atoms with Gasteiger partial charge in [-0.3, -0.25) is 4.40 Å². The Morgan fingerprint density at radius 1 is 0.837 bits per heavy atom. The second-order valence-electron chi connectivity index (χ2n) is 11.5. The number of allylic oxidation sites excluding steroid dienone is 2. The van der Waals surface area contributed by atoms with Gasteiger partial charge >= 0.3 is 0 Å². The van der Waals surface area contributed by atoms with Crippen molar-refractivity contribution in [3.05, 3.63) is 102 Å². The average Bonchev–Trinajstić information content (AvgIpc) is 3.71. The number of aromatic nitrogens is 1. The van der Waals surface area contributed by atoms with Gasteiger partial charge in [-0.05, 0) is 47.7 Å². The minimum atomic E-state index is 0.229. The van der Waals surface area contributed by atoms with Crippen LogP contribution in [0.2, 0.25) is 0 Å². The first-order valence-corrected chi connectivity index (χ1v) is 15.5. The molecule has 0 saturated heterocycles. The maximum Gasteiger partial charge on any atom is 0.147 e. The summed E-state index contributed by atoms with van der Waals surface area (Å²) in [7, 11) is 2.17. The number of hydrogen-bond donors (Lipinski definition) is 1. The highest BCUT2D eigenvalue weighted by Gasteiger charge is 2.29. The van der Waals surface area contributed by atoms with Crippen molar-refractivity contribution in [3.63, 3.8) is 0 Å². The lowest BCUT2D eigenvalue weighted by Gasteiger charge is -2.28. The summed E-state index contributed by atoms with van der Waals surface area (Å²) in [4.78, 5) is 2.34. The lowest BCUT2D eigenvalue weighted by molar-refractivity contribution is 0.673. The summed E-state index contributed by atoms with van der Waals surface area (Å²) in [6.07, 6.45) is 16.5. The number of furan rings is 1. The highest BCUT2D eigenvalue weighted by atomic mass is 16.3. The van der Waals surface area contributed by atoms with Gasteiger partial charge in [-0.2, -0.15) is 0 Å². The molecule has 0 bridgehead atoms. The molecule has 4 aromatic carbocycles. The van der Waals surface area contributed by atoms with E-state index in [1.165, 1.54) is 26.7 Å². The molecule has 1 unspecified atom stereocenters. The van der Waals surface area contributed by atoms with Crippen LogP contribution in [0.5, 0.6) is 0 Å². The zero-order valence-electron chi connectivity index (χ0n) is 24.9. The van der Waals surface area contributed by atoms with Gasteiger partial charge in [-0.25, -0.2) is 0 Å². The first-order chi connectivity index (χ1) is 21.2. The third-order valence-electron chi connectivity index (χ3n) is 9.23. The highest BCUT2D eigenvalue weighted by Crippen LogP contribution is 2.46. The van der Waals surface area contributed by atoms with Gasteiger partial charge < -0.3 is 15.1 Å². The predicted molar refractivity (Wildman–Crippen MR) is 185 cm³/mol. The standard InChI is InChI=1S/C37H29N3O.C2H6/c1-39(25-12-3-2-4-13-25)34-32-33-29(27-14-7-8-17-31(27)40(33)37(34)38)21-30-28-16-9-15-26(35(28)41-36(30)32)24-19-18-22-10-5-6-11-23(22)20-24;1-2/h2-6,9-12,14-21,25H,7-8,13,38H2,1H3;1-2H3. The maximum absolute atomic E-state index is 7.10. The molecule has 0 radical (unpaired) electrons. The van der Waals surface area contributed by atoms with Gasteiger partial charge in [-0.15, -0.1) is 0 Å². The van der Waals surface area contributed by atoms with Gasteiger partial charge in [0.25, 0.3) is 0 Å². The Labute approximate surface area is 250 Å². The van der Waals surface area contributed by atoms with Gasteiger partial charge in [0.1, 0.15) is 17.0 Å². The second-order valence-corrected chi connectivity index (χ2v) is 11.5. The van der Waals surface area contributed by atoms with Gasteiger partial charge in [0.05, 0.1) is 28.0 Å². The number of likely N-dealkylation sites (N-methyl/N-ethyl adjacent to an activating group) is 1. The Morgan fingerprint density at radius 3 is 2.51 bits per heavy atom. The summed E-state index contributed by atoms with van der Waals surface area (Å²) >= 11 is 0. The van der Waals surface area contributed by atoms with E-state index in [0.29, 0.717) is 0 Å². The average molecular weight is 562 g/mol. The maximum atomic E-state index is 7.10. The van der Waals surface area contributed by atoms with Crippen molar-refractivity contribution in [2.24, 2.45) is 0 Å². The monoisotopic (exact) mass is 561 g/mol. The Morgan fingerprint density at radius 2 is 1.67 bits per heavy atom. The largest absolute Gasteiger partial charge is 0.455 e. The molecule has 2 N–H and O–H groups in total. The van der Waals surface area contributed by atoms with E-state index >= 15 is 0 Å². The first-order valence-electron chi connectivity index (χ1n) is 15.5. The van der Waals surface area contributed by atoms with Crippen LogP contribution < -0.4 is 21.2 Å². The van der Waals surface area contributed by atoms with E-state index in [9.17, 15) is 0 Å². The second kappa shape index (κ2) is 9.81. The van der Waals surface area contributed by atoms with Crippen LogP contribution in [0.3, 0.4) is 0 Å². The topological polar surface area (TPSA) is 46.8 Å². The molecule has 2 aliphatic carbocycles. The molecule has 0 spiro atoms.